The van der Waals surface area contributed by atoms with Crippen LogP contribution in [0.5, 0.6) is 0 Å². The number of hydrogen-bond donors (Lipinski definition) is 1. The minimum atomic E-state index is -0.766. The monoisotopic (exact) mass is 277 g/mol. The maximum Gasteiger partial charge on any atom is 0.304 e. The molecule has 0 aliphatic carbocycles. The van der Waals surface area contributed by atoms with Crippen molar-refractivity contribution in [2.24, 2.45) is 0 Å². The van der Waals surface area contributed by atoms with Crippen LogP contribution in [-0.4, -0.2) is 75.3 Å². The standard InChI is InChI=1S/C13H27NO5/c1-12(2)14(5-4-13(15)16)6-7-18-10-11-19-9-8-17-3/h12H,4-11H2,1-3H3,(H,15,16). The second kappa shape index (κ2) is 12.3. The highest BCUT2D eigenvalue weighted by Crippen LogP contribution is 1.99. The number of aliphatic carboxylic acids is 1. The van der Waals surface area contributed by atoms with Gasteiger partial charge in [0.2, 0.25) is 0 Å². The van der Waals surface area contributed by atoms with Crippen molar-refractivity contribution >= 4 is 5.97 Å². The van der Waals surface area contributed by atoms with E-state index in [1.54, 1.807) is 7.11 Å². The van der Waals surface area contributed by atoms with Crippen molar-refractivity contribution in [3.8, 4) is 0 Å². The second-order valence-electron chi connectivity index (χ2n) is 4.49. The van der Waals surface area contributed by atoms with E-state index in [1.807, 2.05) is 0 Å². The van der Waals surface area contributed by atoms with Crippen LogP contribution in [0.4, 0.5) is 0 Å². The summed E-state index contributed by atoms with van der Waals surface area (Å²) in [6.07, 6.45) is 0.165. The first kappa shape index (κ1) is 18.3. The molecule has 0 unspecified atom stereocenters. The van der Waals surface area contributed by atoms with Gasteiger partial charge in [-0.25, -0.2) is 0 Å². The molecule has 0 atom stereocenters. The average Bonchev–Trinajstić information content (AvgIpc) is 2.35. The van der Waals surface area contributed by atoms with E-state index in [0.29, 0.717) is 45.6 Å². The lowest BCUT2D eigenvalue weighted by atomic mass is 10.3. The van der Waals surface area contributed by atoms with Crippen LogP contribution in [0.2, 0.25) is 0 Å². The van der Waals surface area contributed by atoms with E-state index in [1.165, 1.54) is 0 Å². The Hall–Kier alpha value is -0.690. The summed E-state index contributed by atoms with van der Waals surface area (Å²) in [4.78, 5) is 12.6. The first-order valence-corrected chi connectivity index (χ1v) is 6.68. The summed E-state index contributed by atoms with van der Waals surface area (Å²) in [7, 11) is 1.64. The molecular weight excluding hydrogens is 250 g/mol. The Kier molecular flexibility index (Phi) is 11.9. The Morgan fingerprint density at radius 1 is 1.05 bits per heavy atom. The van der Waals surface area contributed by atoms with Crippen molar-refractivity contribution in [1.82, 2.24) is 4.90 Å². The number of methoxy groups -OCH3 is 1. The van der Waals surface area contributed by atoms with Crippen LogP contribution < -0.4 is 0 Å². The molecule has 0 aliphatic rings. The van der Waals surface area contributed by atoms with Crippen molar-refractivity contribution in [2.75, 3.05) is 53.2 Å². The normalized spacial score (nSPS) is 11.4. The molecule has 0 bridgehead atoms. The van der Waals surface area contributed by atoms with Gasteiger partial charge in [0.1, 0.15) is 0 Å². The van der Waals surface area contributed by atoms with Crippen LogP contribution in [0, 0.1) is 0 Å². The number of carboxylic acid groups (broad SMARTS) is 1. The van der Waals surface area contributed by atoms with Gasteiger partial charge in [-0.05, 0) is 13.8 Å². The van der Waals surface area contributed by atoms with E-state index >= 15 is 0 Å². The van der Waals surface area contributed by atoms with E-state index in [0.717, 1.165) is 6.54 Å². The molecule has 1 N–H and O–H groups in total. The molecule has 0 aromatic rings. The van der Waals surface area contributed by atoms with Crippen LogP contribution in [-0.2, 0) is 19.0 Å². The molecule has 6 heteroatoms. The fraction of sp³-hybridized carbons (Fsp3) is 0.923. The number of rotatable bonds is 13. The number of nitrogens with zero attached hydrogens (tertiary/aromatic N) is 1. The van der Waals surface area contributed by atoms with Gasteiger partial charge < -0.3 is 19.3 Å². The molecule has 0 radical (unpaired) electrons. The molecular formula is C13H27NO5. The third-order valence-electron chi connectivity index (χ3n) is 2.67. The Morgan fingerprint density at radius 2 is 1.63 bits per heavy atom. The molecule has 0 heterocycles. The van der Waals surface area contributed by atoms with Crippen molar-refractivity contribution < 1.29 is 24.1 Å². The molecule has 0 saturated carbocycles. The third kappa shape index (κ3) is 12.1. The van der Waals surface area contributed by atoms with Crippen LogP contribution >= 0.6 is 0 Å². The molecule has 114 valence electrons. The molecule has 0 fully saturated rings. The highest BCUT2D eigenvalue weighted by molar-refractivity contribution is 5.66. The van der Waals surface area contributed by atoms with Crippen molar-refractivity contribution in [3.63, 3.8) is 0 Å². The molecule has 0 aromatic carbocycles. The topological polar surface area (TPSA) is 68.2 Å². The summed E-state index contributed by atoms with van der Waals surface area (Å²) < 4.78 is 15.6. The minimum Gasteiger partial charge on any atom is -0.481 e. The second-order valence-corrected chi connectivity index (χ2v) is 4.49. The minimum absolute atomic E-state index is 0.165. The molecule has 19 heavy (non-hydrogen) atoms. The third-order valence-corrected chi connectivity index (χ3v) is 2.67. The summed E-state index contributed by atoms with van der Waals surface area (Å²) >= 11 is 0. The van der Waals surface area contributed by atoms with Crippen molar-refractivity contribution in [1.29, 1.82) is 0 Å². The van der Waals surface area contributed by atoms with Gasteiger partial charge in [-0.15, -0.1) is 0 Å². The molecule has 0 rings (SSSR count). The maximum atomic E-state index is 10.5. The smallest absolute Gasteiger partial charge is 0.304 e. The Labute approximate surface area is 115 Å². The van der Waals surface area contributed by atoms with Gasteiger partial charge >= 0.3 is 5.97 Å². The molecule has 0 aliphatic heterocycles. The molecule has 0 saturated heterocycles. The molecule has 0 spiro atoms. The van der Waals surface area contributed by atoms with Crippen molar-refractivity contribution in [3.05, 3.63) is 0 Å². The summed E-state index contributed by atoms with van der Waals surface area (Å²) in [5.74, 6) is -0.766. The fourth-order valence-electron chi connectivity index (χ4n) is 1.51. The van der Waals surface area contributed by atoms with E-state index < -0.39 is 5.97 Å². The highest BCUT2D eigenvalue weighted by Gasteiger charge is 2.10. The van der Waals surface area contributed by atoms with Gasteiger partial charge in [-0.2, -0.15) is 0 Å². The zero-order valence-corrected chi connectivity index (χ0v) is 12.3. The fourth-order valence-corrected chi connectivity index (χ4v) is 1.51. The summed E-state index contributed by atoms with van der Waals surface area (Å²) in [6.45, 7) is 8.27. The number of hydrogen-bond acceptors (Lipinski definition) is 5. The zero-order chi connectivity index (χ0) is 14.5. The van der Waals surface area contributed by atoms with Gasteiger partial charge in [-0.1, -0.05) is 0 Å². The summed E-state index contributed by atoms with van der Waals surface area (Å²) in [6, 6.07) is 0.320. The maximum absolute atomic E-state index is 10.5. The average molecular weight is 277 g/mol. The quantitative estimate of drug-likeness (QED) is 0.503. The van der Waals surface area contributed by atoms with Gasteiger partial charge in [0, 0.05) is 26.2 Å². The van der Waals surface area contributed by atoms with E-state index in [-0.39, 0.29) is 6.42 Å². The number of carbonyl (C=O) groups is 1. The predicted molar refractivity (Wildman–Crippen MR) is 72.5 cm³/mol. The summed E-state index contributed by atoms with van der Waals surface area (Å²) in [5.41, 5.74) is 0. The highest BCUT2D eigenvalue weighted by atomic mass is 16.5. The molecule has 0 aromatic heterocycles. The zero-order valence-electron chi connectivity index (χ0n) is 12.3. The Bertz CT molecular complexity index is 223. The molecule has 6 nitrogen and oxygen atoms in total. The van der Waals surface area contributed by atoms with Crippen LogP contribution in [0.1, 0.15) is 20.3 Å². The largest absolute Gasteiger partial charge is 0.481 e. The Morgan fingerprint density at radius 3 is 2.16 bits per heavy atom. The van der Waals surface area contributed by atoms with Gasteiger partial charge in [0.05, 0.1) is 39.5 Å². The SMILES string of the molecule is COCCOCCOCCN(CCC(=O)O)C(C)C. The molecule has 0 amide bonds. The lowest BCUT2D eigenvalue weighted by molar-refractivity contribution is -0.137. The van der Waals surface area contributed by atoms with Gasteiger partial charge in [-0.3, -0.25) is 9.69 Å². The van der Waals surface area contributed by atoms with E-state index in [2.05, 4.69) is 18.7 Å². The van der Waals surface area contributed by atoms with Gasteiger partial charge in [0.15, 0.2) is 0 Å². The van der Waals surface area contributed by atoms with Crippen molar-refractivity contribution in [2.45, 2.75) is 26.3 Å². The first-order valence-electron chi connectivity index (χ1n) is 6.68. The van der Waals surface area contributed by atoms with Crippen LogP contribution in [0.3, 0.4) is 0 Å². The lowest BCUT2D eigenvalue weighted by Crippen LogP contribution is -2.35. The van der Waals surface area contributed by atoms with Gasteiger partial charge in [0.25, 0.3) is 0 Å². The summed E-state index contributed by atoms with van der Waals surface area (Å²) in [5, 5.41) is 8.67. The predicted octanol–water partition coefficient (Wildman–Crippen LogP) is 0.851. The number of carboxylic acids is 1. The Balaban J connectivity index is 3.51. The number of ether oxygens (including phenoxy) is 3. The first-order chi connectivity index (χ1) is 9.07. The van der Waals surface area contributed by atoms with E-state index in [4.69, 9.17) is 19.3 Å². The van der Waals surface area contributed by atoms with Crippen LogP contribution in [0.15, 0.2) is 0 Å². The lowest BCUT2D eigenvalue weighted by Gasteiger charge is -2.25. The van der Waals surface area contributed by atoms with Crippen LogP contribution in [0.25, 0.3) is 0 Å². The van der Waals surface area contributed by atoms with E-state index in [9.17, 15) is 4.79 Å².